The smallest absolute Gasteiger partial charge is 0.250 e. The fraction of sp³-hybridized carbons (Fsp3) is 0.148. The number of carbonyl (C=O) groups excluding carboxylic acids is 1. The molecule has 2 aliphatic rings. The average Bonchev–Trinajstić information content (AvgIpc) is 3.27. The van der Waals surface area contributed by atoms with Gasteiger partial charge in [-0.1, -0.05) is 72.8 Å². The van der Waals surface area contributed by atoms with Gasteiger partial charge in [0.2, 0.25) is 0 Å². The number of allylic oxidation sites excluding steroid dienone is 2. The van der Waals surface area contributed by atoms with Crippen molar-refractivity contribution in [3.05, 3.63) is 102 Å². The van der Waals surface area contributed by atoms with Gasteiger partial charge in [-0.2, -0.15) is 0 Å². The predicted octanol–water partition coefficient (Wildman–Crippen LogP) is 5.92. The van der Waals surface area contributed by atoms with Crippen molar-refractivity contribution in [2.75, 3.05) is 5.32 Å². The van der Waals surface area contributed by atoms with E-state index in [9.17, 15) is 4.79 Å². The summed E-state index contributed by atoms with van der Waals surface area (Å²) in [7, 11) is 0. The van der Waals surface area contributed by atoms with Crippen LogP contribution >= 0.6 is 0 Å². The van der Waals surface area contributed by atoms with E-state index in [1.807, 2.05) is 12.1 Å². The van der Waals surface area contributed by atoms with Crippen molar-refractivity contribution in [3.63, 3.8) is 0 Å². The molecule has 1 heterocycles. The molecule has 0 aromatic heterocycles. The molecular formula is C27H22N2O. The van der Waals surface area contributed by atoms with Gasteiger partial charge in [-0.05, 0) is 57.1 Å². The molecule has 0 bridgehead atoms. The summed E-state index contributed by atoms with van der Waals surface area (Å²) < 4.78 is 0. The van der Waals surface area contributed by atoms with Crippen LogP contribution in [0, 0.1) is 5.92 Å². The van der Waals surface area contributed by atoms with E-state index in [1.54, 1.807) is 0 Å². The lowest BCUT2D eigenvalue weighted by atomic mass is 9.74. The normalized spacial score (nSPS) is 21.9. The van der Waals surface area contributed by atoms with E-state index in [-0.39, 0.29) is 17.9 Å². The van der Waals surface area contributed by atoms with Crippen molar-refractivity contribution in [2.45, 2.75) is 18.4 Å². The first-order valence-corrected chi connectivity index (χ1v) is 10.5. The summed E-state index contributed by atoms with van der Waals surface area (Å²) in [6, 6.07) is 25.4. The fourth-order valence-corrected chi connectivity index (χ4v) is 5.50. The molecule has 0 saturated heterocycles. The summed E-state index contributed by atoms with van der Waals surface area (Å²) in [4.78, 5) is 12.2. The lowest BCUT2D eigenvalue weighted by molar-refractivity contribution is 0.100. The zero-order valence-corrected chi connectivity index (χ0v) is 16.5. The number of primary amides is 1. The Morgan fingerprint density at radius 1 is 0.900 bits per heavy atom. The van der Waals surface area contributed by atoms with Gasteiger partial charge in [-0.15, -0.1) is 0 Å². The molecule has 30 heavy (non-hydrogen) atoms. The maximum absolute atomic E-state index is 12.2. The second kappa shape index (κ2) is 6.46. The van der Waals surface area contributed by atoms with Crippen molar-refractivity contribution in [1.29, 1.82) is 0 Å². The van der Waals surface area contributed by atoms with E-state index in [0.29, 0.717) is 11.5 Å². The Labute approximate surface area is 175 Å². The predicted molar refractivity (Wildman–Crippen MR) is 123 cm³/mol. The minimum atomic E-state index is -0.388. The summed E-state index contributed by atoms with van der Waals surface area (Å²) in [6.07, 6.45) is 5.60. The molecule has 4 aromatic carbocycles. The van der Waals surface area contributed by atoms with Gasteiger partial charge in [0.25, 0.3) is 5.91 Å². The fourth-order valence-electron chi connectivity index (χ4n) is 5.50. The minimum absolute atomic E-state index is 0.0917. The number of rotatable bonds is 2. The van der Waals surface area contributed by atoms with Crippen molar-refractivity contribution in [1.82, 2.24) is 0 Å². The van der Waals surface area contributed by atoms with Crippen LogP contribution in [0.5, 0.6) is 0 Å². The second-order valence-corrected chi connectivity index (χ2v) is 8.34. The van der Waals surface area contributed by atoms with Gasteiger partial charge in [0.1, 0.15) is 0 Å². The largest absolute Gasteiger partial charge is 0.377 e. The van der Waals surface area contributed by atoms with Crippen LogP contribution < -0.4 is 11.1 Å². The maximum Gasteiger partial charge on any atom is 0.250 e. The van der Waals surface area contributed by atoms with Crippen molar-refractivity contribution < 1.29 is 4.79 Å². The molecule has 0 spiro atoms. The lowest BCUT2D eigenvalue weighted by Crippen LogP contribution is -2.31. The van der Waals surface area contributed by atoms with E-state index in [2.05, 4.69) is 78.1 Å². The number of nitrogens with one attached hydrogen (secondary N) is 1. The number of benzene rings is 4. The van der Waals surface area contributed by atoms with Crippen LogP contribution in [-0.4, -0.2) is 5.91 Å². The van der Waals surface area contributed by atoms with E-state index in [1.165, 1.54) is 32.7 Å². The number of hydrogen-bond acceptors (Lipinski definition) is 2. The third-order valence-corrected chi connectivity index (χ3v) is 6.79. The van der Waals surface area contributed by atoms with Crippen LogP contribution in [0.3, 0.4) is 0 Å². The number of para-hydroxylation sites is 1. The van der Waals surface area contributed by atoms with Crippen LogP contribution in [0.2, 0.25) is 0 Å². The molecule has 3 N–H and O–H groups in total. The highest BCUT2D eigenvalue weighted by atomic mass is 16.1. The topological polar surface area (TPSA) is 55.1 Å². The van der Waals surface area contributed by atoms with Crippen LogP contribution in [0.25, 0.3) is 21.5 Å². The molecule has 4 aromatic rings. The SMILES string of the molecule is NC(=O)c1cccc2c1NC(c1c3ccccc3cc3ccccc13)C1CC=CC21. The first-order chi connectivity index (χ1) is 14.7. The monoisotopic (exact) mass is 390 g/mol. The Kier molecular flexibility index (Phi) is 3.72. The molecule has 0 radical (unpaired) electrons. The number of nitrogens with two attached hydrogens (primary N) is 1. The molecule has 1 aliphatic carbocycles. The van der Waals surface area contributed by atoms with Gasteiger partial charge in [0.15, 0.2) is 0 Å². The molecule has 0 fully saturated rings. The average molecular weight is 390 g/mol. The van der Waals surface area contributed by atoms with E-state index < -0.39 is 0 Å². The number of amides is 1. The minimum Gasteiger partial charge on any atom is -0.377 e. The molecule has 146 valence electrons. The highest BCUT2D eigenvalue weighted by molar-refractivity contribution is 6.04. The molecule has 1 aliphatic heterocycles. The third-order valence-electron chi connectivity index (χ3n) is 6.79. The summed E-state index contributed by atoms with van der Waals surface area (Å²) >= 11 is 0. The summed E-state index contributed by atoms with van der Waals surface area (Å²) in [5.74, 6) is 0.291. The second-order valence-electron chi connectivity index (χ2n) is 8.34. The number of carbonyl (C=O) groups is 1. The summed E-state index contributed by atoms with van der Waals surface area (Å²) in [5.41, 5.74) is 9.69. The van der Waals surface area contributed by atoms with E-state index in [0.717, 1.165) is 12.1 Å². The van der Waals surface area contributed by atoms with Gasteiger partial charge >= 0.3 is 0 Å². The van der Waals surface area contributed by atoms with Gasteiger partial charge in [0.05, 0.1) is 17.3 Å². The van der Waals surface area contributed by atoms with Crippen molar-refractivity contribution >= 4 is 33.1 Å². The van der Waals surface area contributed by atoms with Crippen LogP contribution in [0.15, 0.2) is 84.9 Å². The molecule has 3 heteroatoms. The Hall–Kier alpha value is -3.59. The molecule has 3 nitrogen and oxygen atoms in total. The zero-order valence-electron chi connectivity index (χ0n) is 16.5. The molecule has 6 rings (SSSR count). The maximum atomic E-state index is 12.2. The highest BCUT2D eigenvalue weighted by Crippen LogP contribution is 2.52. The Morgan fingerprint density at radius 2 is 1.60 bits per heavy atom. The first kappa shape index (κ1) is 17.3. The van der Waals surface area contributed by atoms with Crippen LogP contribution in [0.4, 0.5) is 5.69 Å². The molecule has 3 unspecified atom stereocenters. The molecular weight excluding hydrogens is 368 g/mol. The lowest BCUT2D eigenvalue weighted by Gasteiger charge is -2.39. The van der Waals surface area contributed by atoms with Crippen molar-refractivity contribution in [2.24, 2.45) is 11.7 Å². The standard InChI is InChI=1S/C27H22N2O/c28-27(30)23-14-6-12-21-20-11-5-13-22(20)26(29-25(21)23)24-18-9-3-1-7-16(18)15-17-8-2-4-10-19(17)24/h1-12,14-15,20,22,26,29H,13H2,(H2,28,30). The van der Waals surface area contributed by atoms with Gasteiger partial charge in [-0.25, -0.2) is 0 Å². The van der Waals surface area contributed by atoms with Gasteiger partial charge < -0.3 is 11.1 Å². The third kappa shape index (κ3) is 2.42. The Balaban J connectivity index is 1.65. The molecule has 0 saturated carbocycles. The van der Waals surface area contributed by atoms with Crippen LogP contribution in [-0.2, 0) is 0 Å². The molecule has 3 atom stereocenters. The van der Waals surface area contributed by atoms with Crippen molar-refractivity contribution in [3.8, 4) is 0 Å². The zero-order chi connectivity index (χ0) is 20.2. The Morgan fingerprint density at radius 3 is 2.30 bits per heavy atom. The Bertz CT molecular complexity index is 1300. The quantitative estimate of drug-likeness (QED) is 0.330. The van der Waals surface area contributed by atoms with E-state index in [4.69, 9.17) is 5.73 Å². The molecule has 1 amide bonds. The van der Waals surface area contributed by atoms with Crippen LogP contribution in [0.1, 0.15) is 39.9 Å². The highest BCUT2D eigenvalue weighted by Gasteiger charge is 2.40. The number of hydrogen-bond donors (Lipinski definition) is 2. The van der Waals surface area contributed by atoms with Gasteiger partial charge in [0, 0.05) is 5.92 Å². The van der Waals surface area contributed by atoms with Gasteiger partial charge in [-0.3, -0.25) is 4.79 Å². The number of anilines is 1. The summed E-state index contributed by atoms with van der Waals surface area (Å²) in [5, 5.41) is 8.79. The first-order valence-electron chi connectivity index (χ1n) is 10.5. The van der Waals surface area contributed by atoms with E-state index >= 15 is 0 Å². The number of fused-ring (bicyclic) bond motifs is 5. The summed E-state index contributed by atoms with van der Waals surface area (Å²) in [6.45, 7) is 0.